The van der Waals surface area contributed by atoms with E-state index in [1.165, 1.54) is 0 Å². The van der Waals surface area contributed by atoms with Crippen molar-refractivity contribution in [2.75, 3.05) is 25.1 Å². The third kappa shape index (κ3) is 6.31. The molecule has 28 heavy (non-hydrogen) atoms. The van der Waals surface area contributed by atoms with Crippen molar-refractivity contribution < 1.29 is 29.0 Å². The molecular formula is C20H22N2O6. The van der Waals surface area contributed by atoms with Gasteiger partial charge in [-0.05, 0) is 61.9 Å². The van der Waals surface area contributed by atoms with Gasteiger partial charge in [0.25, 0.3) is 5.91 Å². The predicted molar refractivity (Wildman–Crippen MR) is 103 cm³/mol. The van der Waals surface area contributed by atoms with E-state index in [-0.39, 0.29) is 18.4 Å². The highest BCUT2D eigenvalue weighted by atomic mass is 16.5. The van der Waals surface area contributed by atoms with Crippen molar-refractivity contribution in [1.29, 1.82) is 0 Å². The maximum atomic E-state index is 12.1. The van der Waals surface area contributed by atoms with Gasteiger partial charge in [-0.2, -0.15) is 0 Å². The van der Waals surface area contributed by atoms with Crippen LogP contribution in [0.1, 0.15) is 22.8 Å². The number of carbonyl (C=O) groups excluding carboxylic acids is 2. The Morgan fingerprint density at radius 1 is 1.00 bits per heavy atom. The summed E-state index contributed by atoms with van der Waals surface area (Å²) in [5.41, 5.74) is 1.67. The third-order valence-electron chi connectivity index (χ3n) is 3.67. The molecule has 0 saturated heterocycles. The number of rotatable bonds is 9. The van der Waals surface area contributed by atoms with Crippen molar-refractivity contribution in [2.24, 2.45) is 0 Å². The van der Waals surface area contributed by atoms with Gasteiger partial charge in [0, 0.05) is 11.3 Å². The van der Waals surface area contributed by atoms with Crippen molar-refractivity contribution in [3.05, 3.63) is 53.6 Å². The molecule has 2 aromatic rings. The molecule has 0 unspecified atom stereocenters. The highest BCUT2D eigenvalue weighted by Crippen LogP contribution is 2.21. The molecule has 0 aromatic heterocycles. The maximum absolute atomic E-state index is 12.1. The van der Waals surface area contributed by atoms with E-state index in [0.717, 1.165) is 0 Å². The molecule has 2 amide bonds. The normalized spacial score (nSPS) is 10.1. The van der Waals surface area contributed by atoms with Gasteiger partial charge in [-0.1, -0.05) is 0 Å². The van der Waals surface area contributed by atoms with Gasteiger partial charge in [0.15, 0.2) is 6.61 Å². The minimum atomic E-state index is -1.07. The van der Waals surface area contributed by atoms with Gasteiger partial charge < -0.3 is 25.2 Å². The number of benzene rings is 2. The molecule has 0 radical (unpaired) electrons. The number of carboxylic acid groups (broad SMARTS) is 1. The molecule has 0 heterocycles. The molecule has 0 aliphatic rings. The lowest BCUT2D eigenvalue weighted by Crippen LogP contribution is -2.32. The number of anilines is 1. The number of carbonyl (C=O) groups is 3. The van der Waals surface area contributed by atoms with Crippen molar-refractivity contribution in [2.45, 2.75) is 13.8 Å². The quantitative estimate of drug-likeness (QED) is 0.609. The van der Waals surface area contributed by atoms with Gasteiger partial charge in [0.1, 0.15) is 11.5 Å². The topological polar surface area (TPSA) is 114 Å². The zero-order chi connectivity index (χ0) is 20.5. The number of carboxylic acids is 1. The van der Waals surface area contributed by atoms with E-state index in [2.05, 4.69) is 10.6 Å². The number of nitrogens with one attached hydrogen (secondary N) is 2. The number of hydrogen-bond acceptors (Lipinski definition) is 5. The lowest BCUT2D eigenvalue weighted by atomic mass is 10.2. The van der Waals surface area contributed by atoms with Gasteiger partial charge >= 0.3 is 5.97 Å². The molecule has 8 heteroatoms. The Hall–Kier alpha value is -3.55. The lowest BCUT2D eigenvalue weighted by Gasteiger charge is -2.11. The second kappa shape index (κ2) is 9.96. The number of aliphatic carboxylic acids is 1. The van der Waals surface area contributed by atoms with Crippen molar-refractivity contribution in [3.63, 3.8) is 0 Å². The van der Waals surface area contributed by atoms with Crippen molar-refractivity contribution >= 4 is 23.5 Å². The molecule has 0 saturated carbocycles. The van der Waals surface area contributed by atoms with Crippen LogP contribution in [0.25, 0.3) is 0 Å². The van der Waals surface area contributed by atoms with Gasteiger partial charge in [-0.25, -0.2) is 4.79 Å². The molecule has 0 bridgehead atoms. The molecule has 0 spiro atoms. The lowest BCUT2D eigenvalue weighted by molar-refractivity contribution is -0.139. The Morgan fingerprint density at radius 2 is 1.68 bits per heavy atom. The number of amides is 2. The van der Waals surface area contributed by atoms with E-state index in [4.69, 9.17) is 14.6 Å². The molecule has 2 aromatic carbocycles. The minimum absolute atomic E-state index is 0.192. The third-order valence-corrected chi connectivity index (χ3v) is 3.67. The fourth-order valence-electron chi connectivity index (χ4n) is 2.34. The van der Waals surface area contributed by atoms with E-state index in [0.29, 0.717) is 34.9 Å². The van der Waals surface area contributed by atoms with Crippen LogP contribution in [-0.4, -0.2) is 42.6 Å². The first kappa shape index (κ1) is 20.8. The smallest absolute Gasteiger partial charge is 0.341 e. The van der Waals surface area contributed by atoms with E-state index in [1.54, 1.807) is 49.4 Å². The Labute approximate surface area is 162 Å². The number of aryl methyl sites for hydroxylation is 1. The number of ether oxygens (including phenoxy) is 2. The fraction of sp³-hybridized carbons (Fsp3) is 0.250. The molecule has 2 rings (SSSR count). The summed E-state index contributed by atoms with van der Waals surface area (Å²) in [6.07, 6.45) is 0. The Kier molecular flexibility index (Phi) is 7.38. The standard InChI is InChI=1S/C20H22N2O6/c1-3-27-15-6-4-14(5-7-15)20(26)21-11-18(23)22-17-9-8-16(10-13(17)2)28-12-19(24)25/h4-10H,3,11-12H2,1-2H3,(H,21,26)(H,22,23)(H,24,25). The van der Waals surface area contributed by atoms with Gasteiger partial charge in [0.05, 0.1) is 13.2 Å². The molecule has 0 aliphatic carbocycles. The molecule has 3 N–H and O–H groups in total. The van der Waals surface area contributed by atoms with Crippen LogP contribution in [0.15, 0.2) is 42.5 Å². The summed E-state index contributed by atoms with van der Waals surface area (Å²) in [4.78, 5) is 34.7. The van der Waals surface area contributed by atoms with Crippen LogP contribution in [0.4, 0.5) is 5.69 Å². The van der Waals surface area contributed by atoms with Crippen LogP contribution in [0.3, 0.4) is 0 Å². The summed E-state index contributed by atoms with van der Waals surface area (Å²) in [6, 6.07) is 11.4. The van der Waals surface area contributed by atoms with Crippen LogP contribution >= 0.6 is 0 Å². The fourth-order valence-corrected chi connectivity index (χ4v) is 2.34. The van der Waals surface area contributed by atoms with Crippen molar-refractivity contribution in [1.82, 2.24) is 5.32 Å². The average molecular weight is 386 g/mol. The summed E-state index contributed by atoms with van der Waals surface area (Å²) in [5, 5.41) is 13.9. The summed E-state index contributed by atoms with van der Waals surface area (Å²) in [7, 11) is 0. The monoisotopic (exact) mass is 386 g/mol. The second-order valence-electron chi connectivity index (χ2n) is 5.85. The van der Waals surface area contributed by atoms with Crippen LogP contribution in [0.2, 0.25) is 0 Å². The van der Waals surface area contributed by atoms with Crippen LogP contribution < -0.4 is 20.1 Å². The van der Waals surface area contributed by atoms with E-state index >= 15 is 0 Å². The average Bonchev–Trinajstić information content (AvgIpc) is 2.67. The summed E-state index contributed by atoms with van der Waals surface area (Å²) in [5.74, 6) is -0.767. The SMILES string of the molecule is CCOc1ccc(C(=O)NCC(=O)Nc2ccc(OCC(=O)O)cc2C)cc1. The molecule has 0 aliphatic heterocycles. The summed E-state index contributed by atoms with van der Waals surface area (Å²) < 4.78 is 10.4. The highest BCUT2D eigenvalue weighted by molar-refractivity contribution is 5.99. The Balaban J connectivity index is 1.86. The molecular weight excluding hydrogens is 364 g/mol. The first-order chi connectivity index (χ1) is 13.4. The van der Waals surface area contributed by atoms with Gasteiger partial charge in [-0.3, -0.25) is 9.59 Å². The largest absolute Gasteiger partial charge is 0.494 e. The van der Waals surface area contributed by atoms with Gasteiger partial charge in [-0.15, -0.1) is 0 Å². The van der Waals surface area contributed by atoms with Crippen LogP contribution in [-0.2, 0) is 9.59 Å². The highest BCUT2D eigenvalue weighted by Gasteiger charge is 2.10. The first-order valence-electron chi connectivity index (χ1n) is 8.65. The Bertz CT molecular complexity index is 848. The predicted octanol–water partition coefficient (Wildman–Crippen LogP) is 2.23. The van der Waals surface area contributed by atoms with E-state index < -0.39 is 12.6 Å². The maximum Gasteiger partial charge on any atom is 0.341 e. The van der Waals surface area contributed by atoms with Crippen LogP contribution in [0, 0.1) is 6.92 Å². The minimum Gasteiger partial charge on any atom is -0.494 e. The van der Waals surface area contributed by atoms with Crippen molar-refractivity contribution in [3.8, 4) is 11.5 Å². The molecule has 0 fully saturated rings. The second-order valence-corrected chi connectivity index (χ2v) is 5.85. The zero-order valence-electron chi connectivity index (χ0n) is 15.7. The van der Waals surface area contributed by atoms with E-state index in [1.807, 2.05) is 6.92 Å². The zero-order valence-corrected chi connectivity index (χ0v) is 15.7. The van der Waals surface area contributed by atoms with Gasteiger partial charge in [0.2, 0.25) is 5.91 Å². The van der Waals surface area contributed by atoms with Crippen LogP contribution in [0.5, 0.6) is 11.5 Å². The molecule has 8 nitrogen and oxygen atoms in total. The number of hydrogen-bond donors (Lipinski definition) is 3. The molecule has 148 valence electrons. The molecule has 0 atom stereocenters. The first-order valence-corrected chi connectivity index (χ1v) is 8.65. The summed E-state index contributed by atoms with van der Waals surface area (Å²) in [6.45, 7) is 3.53. The summed E-state index contributed by atoms with van der Waals surface area (Å²) >= 11 is 0. The van der Waals surface area contributed by atoms with E-state index in [9.17, 15) is 14.4 Å². The Morgan fingerprint density at radius 3 is 2.29 bits per heavy atom.